The molecule has 2 aromatic rings. The van der Waals surface area contributed by atoms with Gasteiger partial charge in [-0.1, -0.05) is 18.2 Å². The van der Waals surface area contributed by atoms with Gasteiger partial charge in [-0.2, -0.15) is 5.26 Å². The highest BCUT2D eigenvalue weighted by molar-refractivity contribution is 5.91. The van der Waals surface area contributed by atoms with E-state index in [1.54, 1.807) is 13.2 Å². The average Bonchev–Trinajstić information content (AvgIpc) is 3.09. The highest BCUT2D eigenvalue weighted by Gasteiger charge is 2.23. The highest BCUT2D eigenvalue weighted by atomic mass is 16.5. The van der Waals surface area contributed by atoms with Gasteiger partial charge in [0.2, 0.25) is 5.91 Å². The van der Waals surface area contributed by atoms with E-state index < -0.39 is 0 Å². The molecule has 1 saturated carbocycles. The van der Waals surface area contributed by atoms with Crippen LogP contribution in [0.2, 0.25) is 0 Å². The summed E-state index contributed by atoms with van der Waals surface area (Å²) in [5.74, 6) is 1.52. The molecule has 1 aliphatic carbocycles. The first-order valence-electron chi connectivity index (χ1n) is 12.5. The molecule has 34 heavy (non-hydrogen) atoms. The van der Waals surface area contributed by atoms with E-state index in [9.17, 15) is 4.79 Å². The largest absolute Gasteiger partial charge is 0.497 e. The van der Waals surface area contributed by atoms with E-state index in [0.717, 1.165) is 68.1 Å². The summed E-state index contributed by atoms with van der Waals surface area (Å²) in [4.78, 5) is 15.0. The smallest absolute Gasteiger partial charge is 0.244 e. The topological polar surface area (TPSA) is 65.4 Å². The lowest BCUT2D eigenvalue weighted by Gasteiger charge is -2.30. The van der Waals surface area contributed by atoms with Gasteiger partial charge in [-0.25, -0.2) is 0 Å². The van der Waals surface area contributed by atoms with E-state index in [1.165, 1.54) is 30.4 Å². The predicted octanol–water partition coefficient (Wildman–Crippen LogP) is 4.75. The van der Waals surface area contributed by atoms with Crippen LogP contribution in [-0.2, 0) is 17.6 Å². The summed E-state index contributed by atoms with van der Waals surface area (Å²) in [7, 11) is 1.64. The molecule has 0 atom stereocenters. The molecule has 0 aromatic heterocycles. The molecule has 0 saturated heterocycles. The van der Waals surface area contributed by atoms with Gasteiger partial charge in [0.1, 0.15) is 5.75 Å². The summed E-state index contributed by atoms with van der Waals surface area (Å²) in [5.41, 5.74) is 4.48. The van der Waals surface area contributed by atoms with Crippen LogP contribution in [-0.4, -0.2) is 43.6 Å². The standard InChI is InChI=1S/C29H35N3O2/c1-34-28-4-2-3-23(20-28)8-12-29(33)31-27-10-6-22(7-11-27)13-16-32-17-14-25-9-5-24(21-30)19-26(25)15-18-32/h2-5,8-9,12,19-20,22,27H,6-7,10-11,13-18H2,1H3,(H,31,33)/b12-8+. The monoisotopic (exact) mass is 457 g/mol. The molecule has 5 heteroatoms. The quantitative estimate of drug-likeness (QED) is 0.610. The van der Waals surface area contributed by atoms with E-state index in [2.05, 4.69) is 28.4 Å². The molecule has 178 valence electrons. The van der Waals surface area contributed by atoms with Crippen molar-refractivity contribution in [2.75, 3.05) is 26.7 Å². The van der Waals surface area contributed by atoms with Crippen molar-refractivity contribution in [2.24, 2.45) is 5.92 Å². The van der Waals surface area contributed by atoms with Crippen molar-refractivity contribution in [3.05, 3.63) is 70.8 Å². The number of hydrogen-bond acceptors (Lipinski definition) is 4. The molecule has 0 radical (unpaired) electrons. The number of amides is 1. The van der Waals surface area contributed by atoms with Crippen LogP contribution in [0.3, 0.4) is 0 Å². The molecule has 1 fully saturated rings. The van der Waals surface area contributed by atoms with E-state index in [-0.39, 0.29) is 11.9 Å². The van der Waals surface area contributed by atoms with Gasteiger partial charge >= 0.3 is 0 Å². The van der Waals surface area contributed by atoms with Crippen LogP contribution >= 0.6 is 0 Å². The lowest BCUT2D eigenvalue weighted by molar-refractivity contribution is -0.117. The zero-order chi connectivity index (χ0) is 23.8. The Hall–Kier alpha value is -3.10. The Bertz CT molecular complexity index is 1050. The first-order valence-corrected chi connectivity index (χ1v) is 12.5. The van der Waals surface area contributed by atoms with Crippen LogP contribution in [0.4, 0.5) is 0 Å². The van der Waals surface area contributed by atoms with Crippen LogP contribution in [0.1, 0.15) is 54.4 Å². The molecule has 2 aromatic carbocycles. The Morgan fingerprint density at radius 2 is 1.91 bits per heavy atom. The van der Waals surface area contributed by atoms with Crippen LogP contribution in [0.5, 0.6) is 5.75 Å². The Kier molecular flexibility index (Phi) is 8.38. The van der Waals surface area contributed by atoms with E-state index in [4.69, 9.17) is 10.00 Å². The molecule has 4 rings (SSSR count). The number of fused-ring (bicyclic) bond motifs is 1. The zero-order valence-corrected chi connectivity index (χ0v) is 20.1. The van der Waals surface area contributed by atoms with Crippen molar-refractivity contribution in [1.29, 1.82) is 5.26 Å². The third-order valence-corrected chi connectivity index (χ3v) is 7.30. The van der Waals surface area contributed by atoms with Gasteiger partial charge in [0, 0.05) is 25.2 Å². The van der Waals surface area contributed by atoms with Crippen molar-refractivity contribution in [2.45, 2.75) is 51.0 Å². The number of nitriles is 1. The minimum absolute atomic E-state index is 0.0186. The second kappa shape index (κ2) is 11.9. The Labute approximate surface area is 203 Å². The van der Waals surface area contributed by atoms with Crippen molar-refractivity contribution < 1.29 is 9.53 Å². The number of nitrogens with one attached hydrogen (secondary N) is 1. The third-order valence-electron chi connectivity index (χ3n) is 7.30. The van der Waals surface area contributed by atoms with Gasteiger partial charge in [-0.05, 0) is 104 Å². The molecule has 1 N–H and O–H groups in total. The number of carbonyl (C=O) groups excluding carboxylic acids is 1. The minimum Gasteiger partial charge on any atom is -0.497 e. The lowest BCUT2D eigenvalue weighted by Crippen LogP contribution is -2.37. The van der Waals surface area contributed by atoms with Gasteiger partial charge in [-0.3, -0.25) is 4.79 Å². The summed E-state index contributed by atoms with van der Waals surface area (Å²) in [6.45, 7) is 3.32. The molecular formula is C29H35N3O2. The maximum Gasteiger partial charge on any atom is 0.244 e. The molecule has 1 heterocycles. The number of hydrogen-bond donors (Lipinski definition) is 1. The Morgan fingerprint density at radius 3 is 2.68 bits per heavy atom. The second-order valence-corrected chi connectivity index (χ2v) is 9.56. The average molecular weight is 458 g/mol. The minimum atomic E-state index is -0.0186. The lowest BCUT2D eigenvalue weighted by atomic mass is 9.84. The number of carbonyl (C=O) groups is 1. The van der Waals surface area contributed by atoms with Crippen LogP contribution in [0.15, 0.2) is 48.5 Å². The van der Waals surface area contributed by atoms with Crippen LogP contribution < -0.4 is 10.1 Å². The highest BCUT2D eigenvalue weighted by Crippen LogP contribution is 2.28. The number of nitrogens with zero attached hydrogens (tertiary/aromatic N) is 2. The zero-order valence-electron chi connectivity index (χ0n) is 20.1. The van der Waals surface area contributed by atoms with Crippen LogP contribution in [0.25, 0.3) is 6.08 Å². The summed E-state index contributed by atoms with van der Waals surface area (Å²) in [6, 6.07) is 16.4. The third kappa shape index (κ3) is 6.71. The van der Waals surface area contributed by atoms with Gasteiger partial charge < -0.3 is 15.0 Å². The maximum atomic E-state index is 12.4. The molecule has 5 nitrogen and oxygen atoms in total. The molecular weight excluding hydrogens is 422 g/mol. The fraction of sp³-hybridized carbons (Fsp3) is 0.448. The van der Waals surface area contributed by atoms with Gasteiger partial charge in [-0.15, -0.1) is 0 Å². The fourth-order valence-electron chi connectivity index (χ4n) is 5.19. The summed E-state index contributed by atoms with van der Waals surface area (Å²) in [5, 5.41) is 12.3. The molecule has 1 aliphatic heterocycles. The van der Waals surface area contributed by atoms with E-state index in [1.807, 2.05) is 36.4 Å². The first-order chi connectivity index (χ1) is 16.6. The van der Waals surface area contributed by atoms with E-state index >= 15 is 0 Å². The van der Waals surface area contributed by atoms with Crippen molar-refractivity contribution >= 4 is 12.0 Å². The number of methoxy groups -OCH3 is 1. The molecule has 0 bridgehead atoms. The van der Waals surface area contributed by atoms with E-state index in [0.29, 0.717) is 0 Å². The molecule has 0 spiro atoms. The van der Waals surface area contributed by atoms with Gasteiger partial charge in [0.15, 0.2) is 0 Å². The van der Waals surface area contributed by atoms with Crippen molar-refractivity contribution in [1.82, 2.24) is 10.2 Å². The number of benzene rings is 2. The SMILES string of the molecule is COc1cccc(/C=C/C(=O)NC2CCC(CCN3CCc4ccc(C#N)cc4CC3)CC2)c1. The van der Waals surface area contributed by atoms with Crippen LogP contribution in [0, 0.1) is 17.2 Å². The molecule has 2 aliphatic rings. The second-order valence-electron chi connectivity index (χ2n) is 9.56. The normalized spacial score (nSPS) is 20.8. The van der Waals surface area contributed by atoms with Gasteiger partial charge in [0.05, 0.1) is 18.7 Å². The predicted molar refractivity (Wildman–Crippen MR) is 136 cm³/mol. The maximum absolute atomic E-state index is 12.4. The van der Waals surface area contributed by atoms with Crippen molar-refractivity contribution in [3.8, 4) is 11.8 Å². The number of ether oxygens (including phenoxy) is 1. The summed E-state index contributed by atoms with van der Waals surface area (Å²) in [6.07, 6.45) is 11.3. The molecule has 1 amide bonds. The fourth-order valence-corrected chi connectivity index (χ4v) is 5.19. The summed E-state index contributed by atoms with van der Waals surface area (Å²) >= 11 is 0. The number of rotatable bonds is 7. The Balaban J connectivity index is 1.16. The Morgan fingerprint density at radius 1 is 1.12 bits per heavy atom. The summed E-state index contributed by atoms with van der Waals surface area (Å²) < 4.78 is 5.23. The first kappa shape index (κ1) is 24.0. The van der Waals surface area contributed by atoms with Crippen molar-refractivity contribution in [3.63, 3.8) is 0 Å². The van der Waals surface area contributed by atoms with Gasteiger partial charge in [0.25, 0.3) is 0 Å². The molecule has 0 unspecified atom stereocenters.